The predicted octanol–water partition coefficient (Wildman–Crippen LogP) is 3.00. The lowest BCUT2D eigenvalue weighted by atomic mass is 10.0. The fourth-order valence-electron chi connectivity index (χ4n) is 3.27. The Morgan fingerprint density at radius 2 is 1.58 bits per heavy atom. The third kappa shape index (κ3) is 4.53. The first kappa shape index (κ1) is 20.1. The normalized spacial score (nSPS) is 10.6. The molecule has 0 aliphatic rings. The molecule has 8 nitrogen and oxygen atoms in total. The van der Waals surface area contributed by atoms with Crippen molar-refractivity contribution in [2.45, 2.75) is 6.54 Å². The zero-order valence-corrected chi connectivity index (χ0v) is 17.2. The largest absolute Gasteiger partial charge is 0.346 e. The third-order valence-corrected chi connectivity index (χ3v) is 4.87. The molecular formula is C23H22N6O2. The summed E-state index contributed by atoms with van der Waals surface area (Å²) in [7, 11) is 3.47. The van der Waals surface area contributed by atoms with Gasteiger partial charge in [0.15, 0.2) is 0 Å². The highest BCUT2D eigenvalue weighted by atomic mass is 16.2. The molecule has 4 aromatic rings. The van der Waals surface area contributed by atoms with Gasteiger partial charge in [0, 0.05) is 38.0 Å². The predicted molar refractivity (Wildman–Crippen MR) is 117 cm³/mol. The van der Waals surface area contributed by atoms with E-state index in [1.807, 2.05) is 55.7 Å². The highest BCUT2D eigenvalue weighted by Gasteiger charge is 2.19. The lowest BCUT2D eigenvalue weighted by Gasteiger charge is -2.09. The number of hydrogen-bond donors (Lipinski definition) is 2. The molecule has 0 aliphatic carbocycles. The van der Waals surface area contributed by atoms with Crippen molar-refractivity contribution in [2.24, 2.45) is 14.1 Å². The Morgan fingerprint density at radius 1 is 0.871 bits per heavy atom. The number of benzene rings is 2. The van der Waals surface area contributed by atoms with Crippen LogP contribution in [0.4, 0.5) is 5.69 Å². The van der Waals surface area contributed by atoms with Crippen molar-refractivity contribution >= 4 is 17.5 Å². The number of hydrogen-bond acceptors (Lipinski definition) is 4. The lowest BCUT2D eigenvalue weighted by Crippen LogP contribution is -2.26. The third-order valence-electron chi connectivity index (χ3n) is 4.87. The molecular weight excluding hydrogens is 392 g/mol. The number of aryl methyl sites for hydroxylation is 2. The van der Waals surface area contributed by atoms with E-state index in [1.54, 1.807) is 30.1 Å². The van der Waals surface area contributed by atoms with Crippen LogP contribution in [-0.4, -0.2) is 31.4 Å². The van der Waals surface area contributed by atoms with Crippen LogP contribution >= 0.6 is 0 Å². The van der Waals surface area contributed by atoms with E-state index in [1.165, 1.54) is 10.9 Å². The number of rotatable bonds is 6. The first-order valence-corrected chi connectivity index (χ1v) is 9.76. The van der Waals surface area contributed by atoms with Crippen LogP contribution in [0.5, 0.6) is 0 Å². The second kappa shape index (κ2) is 8.66. The molecule has 8 heteroatoms. The van der Waals surface area contributed by atoms with Gasteiger partial charge in [0.2, 0.25) is 0 Å². The fourth-order valence-corrected chi connectivity index (χ4v) is 3.27. The highest BCUT2D eigenvalue weighted by Crippen LogP contribution is 2.20. The molecule has 2 heterocycles. The number of anilines is 1. The Hall–Kier alpha value is -4.20. The minimum Gasteiger partial charge on any atom is -0.346 e. The molecule has 0 aliphatic heterocycles. The van der Waals surface area contributed by atoms with Crippen LogP contribution in [0.15, 0.2) is 73.2 Å². The number of carbonyl (C=O) groups is 2. The zero-order chi connectivity index (χ0) is 21.8. The molecule has 0 fully saturated rings. The lowest BCUT2D eigenvalue weighted by molar-refractivity contribution is 0.0942. The van der Waals surface area contributed by atoms with Gasteiger partial charge in [-0.1, -0.05) is 42.5 Å². The molecule has 0 unspecified atom stereocenters. The van der Waals surface area contributed by atoms with E-state index in [2.05, 4.69) is 20.8 Å². The summed E-state index contributed by atoms with van der Waals surface area (Å²) in [6, 6.07) is 17.3. The summed E-state index contributed by atoms with van der Waals surface area (Å²) >= 11 is 0. The molecule has 0 bridgehead atoms. The number of amides is 2. The van der Waals surface area contributed by atoms with Crippen LogP contribution in [-0.2, 0) is 20.6 Å². The smallest absolute Gasteiger partial charge is 0.271 e. The molecule has 0 atom stereocenters. The Kier molecular flexibility index (Phi) is 5.61. The van der Waals surface area contributed by atoms with E-state index in [0.29, 0.717) is 17.8 Å². The second-order valence-electron chi connectivity index (χ2n) is 7.13. The van der Waals surface area contributed by atoms with Gasteiger partial charge in [0.25, 0.3) is 11.8 Å². The van der Waals surface area contributed by atoms with Crippen LogP contribution in [0, 0.1) is 0 Å². The molecule has 156 valence electrons. The van der Waals surface area contributed by atoms with Crippen molar-refractivity contribution in [3.63, 3.8) is 0 Å². The zero-order valence-electron chi connectivity index (χ0n) is 17.2. The van der Waals surface area contributed by atoms with Gasteiger partial charge in [0.05, 0.1) is 18.1 Å². The fraction of sp³-hybridized carbons (Fsp3) is 0.130. The first-order chi connectivity index (χ1) is 15.0. The first-order valence-electron chi connectivity index (χ1n) is 9.76. The Bertz CT molecular complexity index is 1210. The highest BCUT2D eigenvalue weighted by molar-refractivity contribution is 6.08. The average Bonchev–Trinajstić information content (AvgIpc) is 3.37. The summed E-state index contributed by atoms with van der Waals surface area (Å²) in [4.78, 5) is 25.4. The topological polar surface area (TPSA) is 93.8 Å². The van der Waals surface area contributed by atoms with Crippen molar-refractivity contribution in [2.75, 3.05) is 5.32 Å². The van der Waals surface area contributed by atoms with Gasteiger partial charge in [-0.25, -0.2) is 0 Å². The van der Waals surface area contributed by atoms with Crippen molar-refractivity contribution in [3.05, 3.63) is 90.0 Å². The molecule has 2 aromatic carbocycles. The monoisotopic (exact) mass is 414 g/mol. The Morgan fingerprint density at radius 3 is 2.26 bits per heavy atom. The van der Waals surface area contributed by atoms with Crippen LogP contribution in [0.1, 0.15) is 26.4 Å². The van der Waals surface area contributed by atoms with Crippen molar-refractivity contribution < 1.29 is 9.59 Å². The van der Waals surface area contributed by atoms with E-state index in [-0.39, 0.29) is 17.5 Å². The molecule has 0 radical (unpaired) electrons. The number of carbonyl (C=O) groups excluding carboxylic acids is 2. The van der Waals surface area contributed by atoms with Crippen molar-refractivity contribution in [1.82, 2.24) is 24.9 Å². The minimum absolute atomic E-state index is 0.276. The summed E-state index contributed by atoms with van der Waals surface area (Å²) in [5.74, 6) is -0.646. The molecule has 2 N–H and O–H groups in total. The SMILES string of the molecule is Cn1cc(CNC(=O)c2c(NC(=O)c3ccc(-c4ccccc4)cc3)cnn2C)cn1. The maximum Gasteiger partial charge on any atom is 0.271 e. The van der Waals surface area contributed by atoms with E-state index >= 15 is 0 Å². The maximum absolute atomic E-state index is 12.7. The molecule has 0 saturated heterocycles. The van der Waals surface area contributed by atoms with E-state index in [0.717, 1.165) is 16.7 Å². The van der Waals surface area contributed by atoms with E-state index in [4.69, 9.17) is 0 Å². The summed E-state index contributed by atoms with van der Waals surface area (Å²) in [5, 5.41) is 13.8. The molecule has 31 heavy (non-hydrogen) atoms. The van der Waals surface area contributed by atoms with Gasteiger partial charge in [0.1, 0.15) is 5.69 Å². The van der Waals surface area contributed by atoms with Gasteiger partial charge in [-0.2, -0.15) is 10.2 Å². The number of aromatic nitrogens is 4. The summed E-state index contributed by atoms with van der Waals surface area (Å²) in [6.07, 6.45) is 4.98. The molecule has 0 saturated carbocycles. The molecule has 0 spiro atoms. The standard InChI is InChI=1S/C23H22N6O2/c1-28-15-16(13-25-28)12-24-23(31)21-20(14-26-29(21)2)27-22(30)19-10-8-18(9-11-19)17-6-4-3-5-7-17/h3-11,13-15H,12H2,1-2H3,(H,24,31)(H,27,30). The second-order valence-corrected chi connectivity index (χ2v) is 7.13. The quantitative estimate of drug-likeness (QED) is 0.507. The summed E-state index contributed by atoms with van der Waals surface area (Å²) < 4.78 is 3.10. The van der Waals surface area contributed by atoms with Crippen LogP contribution in [0.3, 0.4) is 0 Å². The Balaban J connectivity index is 1.45. The van der Waals surface area contributed by atoms with Gasteiger partial charge in [-0.3, -0.25) is 19.0 Å². The van der Waals surface area contributed by atoms with Gasteiger partial charge in [-0.15, -0.1) is 0 Å². The Labute approximate surface area is 179 Å². The van der Waals surface area contributed by atoms with Crippen LogP contribution in [0.25, 0.3) is 11.1 Å². The summed E-state index contributed by atoms with van der Waals surface area (Å²) in [5.41, 5.74) is 4.09. The van der Waals surface area contributed by atoms with Gasteiger partial charge in [-0.05, 0) is 23.3 Å². The summed E-state index contributed by atoms with van der Waals surface area (Å²) in [6.45, 7) is 0.326. The van der Waals surface area contributed by atoms with E-state index in [9.17, 15) is 9.59 Å². The van der Waals surface area contributed by atoms with Gasteiger partial charge < -0.3 is 10.6 Å². The minimum atomic E-state index is -0.335. The molecule has 4 rings (SSSR count). The van der Waals surface area contributed by atoms with Crippen LogP contribution in [0.2, 0.25) is 0 Å². The maximum atomic E-state index is 12.7. The van der Waals surface area contributed by atoms with Crippen LogP contribution < -0.4 is 10.6 Å². The molecule has 2 aromatic heterocycles. The van der Waals surface area contributed by atoms with Crippen molar-refractivity contribution in [3.8, 4) is 11.1 Å². The number of nitrogens with zero attached hydrogens (tertiary/aromatic N) is 4. The average molecular weight is 414 g/mol. The molecule has 2 amide bonds. The number of nitrogens with one attached hydrogen (secondary N) is 2. The van der Waals surface area contributed by atoms with Crippen molar-refractivity contribution in [1.29, 1.82) is 0 Å². The van der Waals surface area contributed by atoms with E-state index < -0.39 is 0 Å². The van der Waals surface area contributed by atoms with Gasteiger partial charge >= 0.3 is 0 Å².